The lowest BCUT2D eigenvalue weighted by Crippen LogP contribution is -2.52. The van der Waals surface area contributed by atoms with Gasteiger partial charge < -0.3 is 21.3 Å². The summed E-state index contributed by atoms with van der Waals surface area (Å²) in [6.45, 7) is 2.26. The predicted molar refractivity (Wildman–Crippen MR) is 86.5 cm³/mol. The lowest BCUT2D eigenvalue weighted by Gasteiger charge is -2.37. The van der Waals surface area contributed by atoms with Crippen molar-refractivity contribution in [2.24, 2.45) is 11.7 Å². The van der Waals surface area contributed by atoms with E-state index >= 15 is 0 Å². The van der Waals surface area contributed by atoms with Crippen LogP contribution in [0.2, 0.25) is 0 Å². The molecule has 4 N–H and O–H groups in total. The average molecular weight is 324 g/mol. The maximum absolute atomic E-state index is 12.3. The molecule has 1 saturated heterocycles. The Hall–Kier alpha value is -1.79. The number of hydrogen-bond donors (Lipinski definition) is 3. The van der Waals surface area contributed by atoms with Crippen LogP contribution in [0.4, 0.5) is 4.79 Å². The van der Waals surface area contributed by atoms with Crippen molar-refractivity contribution in [1.82, 2.24) is 15.5 Å². The van der Waals surface area contributed by atoms with Gasteiger partial charge in [0.05, 0.1) is 12.5 Å². The number of piperidine rings is 1. The smallest absolute Gasteiger partial charge is 0.315 e. The zero-order valence-corrected chi connectivity index (χ0v) is 13.8. The molecule has 0 radical (unpaired) electrons. The lowest BCUT2D eigenvalue weighted by atomic mass is 9.93. The first kappa shape index (κ1) is 17.6. The molecule has 0 spiro atoms. The molecule has 7 nitrogen and oxygen atoms in total. The van der Waals surface area contributed by atoms with Crippen LogP contribution in [0.15, 0.2) is 0 Å². The second-order valence-electron chi connectivity index (χ2n) is 6.73. The zero-order valence-electron chi connectivity index (χ0n) is 13.8. The highest BCUT2D eigenvalue weighted by Gasteiger charge is 2.31. The van der Waals surface area contributed by atoms with Crippen molar-refractivity contribution < 1.29 is 14.4 Å². The van der Waals surface area contributed by atoms with Crippen LogP contribution in [-0.2, 0) is 9.59 Å². The molecule has 1 aliphatic carbocycles. The summed E-state index contributed by atoms with van der Waals surface area (Å²) >= 11 is 0. The number of nitrogens with zero attached hydrogens (tertiary/aromatic N) is 1. The summed E-state index contributed by atoms with van der Waals surface area (Å²) in [7, 11) is 0. The number of likely N-dealkylation sites (tertiary alicyclic amines) is 1. The fourth-order valence-corrected chi connectivity index (χ4v) is 3.43. The monoisotopic (exact) mass is 324 g/mol. The Morgan fingerprint density at radius 1 is 1.09 bits per heavy atom. The Bertz CT molecular complexity index is 449. The van der Waals surface area contributed by atoms with Crippen LogP contribution in [0.5, 0.6) is 0 Å². The third kappa shape index (κ3) is 5.11. The van der Waals surface area contributed by atoms with Gasteiger partial charge in [-0.15, -0.1) is 0 Å². The van der Waals surface area contributed by atoms with E-state index in [-0.39, 0.29) is 42.4 Å². The van der Waals surface area contributed by atoms with Crippen LogP contribution in [0.3, 0.4) is 0 Å². The van der Waals surface area contributed by atoms with Crippen molar-refractivity contribution in [2.45, 2.75) is 64.0 Å². The van der Waals surface area contributed by atoms with E-state index in [1.807, 2.05) is 6.92 Å². The van der Waals surface area contributed by atoms with Crippen molar-refractivity contribution in [2.75, 3.05) is 13.1 Å². The van der Waals surface area contributed by atoms with Crippen molar-refractivity contribution in [3.05, 3.63) is 0 Å². The first-order chi connectivity index (χ1) is 11.0. The van der Waals surface area contributed by atoms with Crippen LogP contribution in [0, 0.1) is 5.92 Å². The quantitative estimate of drug-likeness (QED) is 0.710. The number of urea groups is 1. The number of primary amides is 1. The number of carbonyl (C=O) groups excluding carboxylic acids is 3. The van der Waals surface area contributed by atoms with Crippen LogP contribution < -0.4 is 16.4 Å². The molecule has 4 amide bonds. The molecular formula is C16H28N4O3. The van der Waals surface area contributed by atoms with Gasteiger partial charge >= 0.3 is 6.03 Å². The van der Waals surface area contributed by atoms with E-state index in [9.17, 15) is 14.4 Å². The summed E-state index contributed by atoms with van der Waals surface area (Å²) in [5.74, 6) is -0.814. The highest BCUT2D eigenvalue weighted by molar-refractivity contribution is 5.85. The van der Waals surface area contributed by atoms with E-state index < -0.39 is 0 Å². The number of hydrogen-bond acceptors (Lipinski definition) is 3. The topological polar surface area (TPSA) is 105 Å². The van der Waals surface area contributed by atoms with Gasteiger partial charge in [0.1, 0.15) is 0 Å². The Balaban J connectivity index is 1.76. The maximum atomic E-state index is 12.3. The molecule has 23 heavy (non-hydrogen) atoms. The van der Waals surface area contributed by atoms with Gasteiger partial charge in [-0.25, -0.2) is 4.79 Å². The molecule has 2 rings (SSSR count). The van der Waals surface area contributed by atoms with Crippen molar-refractivity contribution >= 4 is 17.8 Å². The third-order valence-corrected chi connectivity index (χ3v) is 4.95. The van der Waals surface area contributed by atoms with E-state index in [4.69, 9.17) is 5.73 Å². The summed E-state index contributed by atoms with van der Waals surface area (Å²) in [4.78, 5) is 37.2. The summed E-state index contributed by atoms with van der Waals surface area (Å²) in [5.41, 5.74) is 5.34. The second-order valence-corrected chi connectivity index (χ2v) is 6.73. The summed E-state index contributed by atoms with van der Waals surface area (Å²) in [5, 5.41) is 5.55. The van der Waals surface area contributed by atoms with Crippen LogP contribution in [0.1, 0.15) is 51.9 Å². The maximum Gasteiger partial charge on any atom is 0.315 e. The standard InChI is InChI=1S/C16H28N4O3/c1-11-7-8-12(15(17)22)10-20(11)14(21)9-18-16(23)19-13-5-3-2-4-6-13/h11-13H,2-10H2,1H3,(H2,17,22)(H2,18,19,23). The molecule has 1 aliphatic heterocycles. The molecule has 7 heteroatoms. The van der Waals surface area contributed by atoms with Crippen LogP contribution in [-0.4, -0.2) is 47.9 Å². The minimum Gasteiger partial charge on any atom is -0.369 e. The molecule has 2 unspecified atom stereocenters. The van der Waals surface area contributed by atoms with E-state index in [2.05, 4.69) is 10.6 Å². The van der Waals surface area contributed by atoms with Gasteiger partial charge in [-0.2, -0.15) is 0 Å². The minimum absolute atomic E-state index is 0.0472. The third-order valence-electron chi connectivity index (χ3n) is 4.95. The van der Waals surface area contributed by atoms with Crippen LogP contribution >= 0.6 is 0 Å². The Morgan fingerprint density at radius 3 is 2.43 bits per heavy atom. The lowest BCUT2D eigenvalue weighted by molar-refractivity contribution is -0.136. The van der Waals surface area contributed by atoms with Gasteiger partial charge in [0.15, 0.2) is 0 Å². The fourth-order valence-electron chi connectivity index (χ4n) is 3.43. The molecule has 0 aromatic heterocycles. The Kier molecular flexibility index (Phi) is 6.24. The van der Waals surface area contributed by atoms with E-state index in [0.717, 1.165) is 38.5 Å². The van der Waals surface area contributed by atoms with Crippen molar-refractivity contribution in [3.8, 4) is 0 Å². The summed E-state index contributed by atoms with van der Waals surface area (Å²) in [6.07, 6.45) is 7.00. The van der Waals surface area contributed by atoms with Gasteiger partial charge in [0, 0.05) is 18.6 Å². The average Bonchev–Trinajstić information content (AvgIpc) is 2.53. The van der Waals surface area contributed by atoms with E-state index in [1.165, 1.54) is 6.42 Å². The van der Waals surface area contributed by atoms with Gasteiger partial charge in [-0.05, 0) is 32.6 Å². The number of rotatable bonds is 4. The molecule has 1 saturated carbocycles. The minimum atomic E-state index is -0.363. The van der Waals surface area contributed by atoms with Crippen molar-refractivity contribution in [1.29, 1.82) is 0 Å². The molecule has 2 atom stereocenters. The molecular weight excluding hydrogens is 296 g/mol. The summed E-state index contributed by atoms with van der Waals surface area (Å²) in [6, 6.07) is -0.00493. The number of nitrogens with one attached hydrogen (secondary N) is 2. The zero-order chi connectivity index (χ0) is 16.8. The highest BCUT2D eigenvalue weighted by atomic mass is 16.2. The van der Waals surface area contributed by atoms with Gasteiger partial charge in [-0.1, -0.05) is 19.3 Å². The molecule has 130 valence electrons. The van der Waals surface area contributed by atoms with Gasteiger partial charge in [-0.3, -0.25) is 9.59 Å². The predicted octanol–water partition coefficient (Wildman–Crippen LogP) is 0.731. The van der Waals surface area contributed by atoms with E-state index in [1.54, 1.807) is 4.90 Å². The summed E-state index contributed by atoms with van der Waals surface area (Å²) < 4.78 is 0. The molecule has 0 bridgehead atoms. The first-order valence-corrected chi connectivity index (χ1v) is 8.60. The molecule has 2 aliphatic rings. The molecule has 2 fully saturated rings. The highest BCUT2D eigenvalue weighted by Crippen LogP contribution is 2.21. The normalized spacial score (nSPS) is 25.7. The number of carbonyl (C=O) groups is 3. The van der Waals surface area contributed by atoms with Crippen LogP contribution in [0.25, 0.3) is 0 Å². The second kappa shape index (κ2) is 8.17. The van der Waals surface area contributed by atoms with Gasteiger partial charge in [0.25, 0.3) is 0 Å². The fraction of sp³-hybridized carbons (Fsp3) is 0.812. The Labute approximate surface area is 137 Å². The molecule has 0 aromatic rings. The number of nitrogens with two attached hydrogens (primary N) is 1. The molecule has 0 aromatic carbocycles. The largest absolute Gasteiger partial charge is 0.369 e. The van der Waals surface area contributed by atoms with Gasteiger partial charge in [0.2, 0.25) is 11.8 Å². The SMILES string of the molecule is CC1CCC(C(N)=O)CN1C(=O)CNC(=O)NC1CCCCC1. The van der Waals surface area contributed by atoms with E-state index in [0.29, 0.717) is 6.54 Å². The Morgan fingerprint density at radius 2 is 1.78 bits per heavy atom. The molecule has 1 heterocycles. The first-order valence-electron chi connectivity index (χ1n) is 8.60. The number of amides is 4. The van der Waals surface area contributed by atoms with Crippen molar-refractivity contribution in [3.63, 3.8) is 0 Å².